The molecule has 0 saturated heterocycles. The molecule has 8 heteroatoms. The monoisotopic (exact) mass is 267 g/mol. The predicted octanol–water partition coefficient (Wildman–Crippen LogP) is 1.16. The van der Waals surface area contributed by atoms with Gasteiger partial charge in [0.15, 0.2) is 0 Å². The maximum atomic E-state index is 11.8. The molecule has 0 spiro atoms. The van der Waals surface area contributed by atoms with Crippen molar-refractivity contribution in [3.63, 3.8) is 0 Å². The number of hydrogen-bond acceptors (Lipinski definition) is 4. The van der Waals surface area contributed by atoms with E-state index in [9.17, 15) is 13.2 Å². The molecule has 104 valence electrons. The van der Waals surface area contributed by atoms with Crippen molar-refractivity contribution in [3.8, 4) is 0 Å². The average molecular weight is 267 g/mol. The lowest BCUT2D eigenvalue weighted by Gasteiger charge is -2.07. The van der Waals surface area contributed by atoms with Crippen LogP contribution in [-0.4, -0.2) is 42.6 Å². The first-order chi connectivity index (χ1) is 8.51. The summed E-state index contributed by atoms with van der Waals surface area (Å²) in [5.41, 5.74) is 0.738. The molecular weight excluding hydrogens is 251 g/mol. The molecule has 0 aliphatic heterocycles. The van der Waals surface area contributed by atoms with Gasteiger partial charge in [-0.15, -0.1) is 0 Å². The third kappa shape index (κ3) is 6.58. The van der Waals surface area contributed by atoms with Crippen molar-refractivity contribution < 1.29 is 22.6 Å². The Kier molecular flexibility index (Phi) is 6.10. The molecule has 1 aromatic heterocycles. The van der Waals surface area contributed by atoms with Crippen LogP contribution in [0.25, 0.3) is 0 Å². The summed E-state index contributed by atoms with van der Waals surface area (Å²) >= 11 is 0. The molecule has 0 fully saturated rings. The van der Waals surface area contributed by atoms with Gasteiger partial charge in [-0.3, -0.25) is 0 Å². The van der Waals surface area contributed by atoms with Crippen LogP contribution in [0.5, 0.6) is 0 Å². The van der Waals surface area contributed by atoms with Gasteiger partial charge in [-0.1, -0.05) is 0 Å². The molecule has 18 heavy (non-hydrogen) atoms. The van der Waals surface area contributed by atoms with E-state index >= 15 is 0 Å². The Labute approximate surface area is 103 Å². The number of alkyl halides is 3. The Morgan fingerprint density at radius 3 is 2.89 bits per heavy atom. The summed E-state index contributed by atoms with van der Waals surface area (Å²) < 4.78 is 46.3. The summed E-state index contributed by atoms with van der Waals surface area (Å²) in [6.45, 7) is 0.399. The van der Waals surface area contributed by atoms with Crippen molar-refractivity contribution >= 4 is 0 Å². The van der Waals surface area contributed by atoms with E-state index in [1.807, 2.05) is 0 Å². The van der Waals surface area contributed by atoms with Gasteiger partial charge in [-0.25, -0.2) is 4.98 Å². The van der Waals surface area contributed by atoms with Crippen molar-refractivity contribution in [1.29, 1.82) is 0 Å². The first-order valence-corrected chi connectivity index (χ1v) is 5.36. The van der Waals surface area contributed by atoms with Gasteiger partial charge in [0.1, 0.15) is 13.3 Å². The van der Waals surface area contributed by atoms with E-state index in [0.717, 1.165) is 5.69 Å². The van der Waals surface area contributed by atoms with Crippen LogP contribution < -0.4 is 5.32 Å². The lowest BCUT2D eigenvalue weighted by molar-refractivity contribution is -0.181. The highest BCUT2D eigenvalue weighted by molar-refractivity contribution is 4.95. The van der Waals surface area contributed by atoms with E-state index < -0.39 is 12.8 Å². The summed E-state index contributed by atoms with van der Waals surface area (Å²) in [6, 6.07) is 0. The van der Waals surface area contributed by atoms with Crippen LogP contribution in [0.1, 0.15) is 5.69 Å². The number of nitrogens with zero attached hydrogens (tertiary/aromatic N) is 2. The third-order valence-corrected chi connectivity index (χ3v) is 1.98. The third-order valence-electron chi connectivity index (χ3n) is 1.98. The van der Waals surface area contributed by atoms with E-state index in [4.69, 9.17) is 4.74 Å². The molecule has 0 unspecified atom stereocenters. The molecule has 5 nitrogen and oxygen atoms in total. The molecule has 0 aliphatic carbocycles. The van der Waals surface area contributed by atoms with Gasteiger partial charge in [0.2, 0.25) is 0 Å². The average Bonchev–Trinajstić information content (AvgIpc) is 2.71. The van der Waals surface area contributed by atoms with Crippen molar-refractivity contribution in [3.05, 3.63) is 18.2 Å². The van der Waals surface area contributed by atoms with Crippen LogP contribution in [-0.2, 0) is 22.7 Å². The topological polar surface area (TPSA) is 48.3 Å². The number of imidazole rings is 1. The fourth-order valence-corrected chi connectivity index (χ4v) is 1.23. The lowest BCUT2D eigenvalue weighted by atomic mass is 10.4. The van der Waals surface area contributed by atoms with Crippen molar-refractivity contribution in [2.75, 3.05) is 26.9 Å². The van der Waals surface area contributed by atoms with Gasteiger partial charge < -0.3 is 19.4 Å². The van der Waals surface area contributed by atoms with Crippen LogP contribution in [0.15, 0.2) is 12.5 Å². The summed E-state index contributed by atoms with van der Waals surface area (Å²) in [5, 5.41) is 3.07. The largest absolute Gasteiger partial charge is 0.411 e. The molecule has 0 radical (unpaired) electrons. The fraction of sp³-hybridized carbons (Fsp3) is 0.700. The van der Waals surface area contributed by atoms with Gasteiger partial charge in [0.05, 0.1) is 18.6 Å². The van der Waals surface area contributed by atoms with Crippen molar-refractivity contribution in [1.82, 2.24) is 14.9 Å². The summed E-state index contributed by atoms with van der Waals surface area (Å²) in [6.07, 6.45) is -1.23. The van der Waals surface area contributed by atoms with Crippen LogP contribution in [0.4, 0.5) is 13.2 Å². The van der Waals surface area contributed by atoms with Crippen molar-refractivity contribution in [2.24, 2.45) is 0 Å². The predicted molar refractivity (Wildman–Crippen MR) is 57.8 cm³/mol. The number of aromatic nitrogens is 2. The van der Waals surface area contributed by atoms with E-state index in [-0.39, 0.29) is 6.73 Å². The molecule has 1 heterocycles. The van der Waals surface area contributed by atoms with E-state index in [1.165, 1.54) is 10.9 Å². The second-order valence-corrected chi connectivity index (χ2v) is 3.64. The number of halogens is 3. The number of hydrogen-bond donors (Lipinski definition) is 1. The SMILES string of the molecule is COCCNCc1cn(COCC(F)(F)F)cn1. The van der Waals surface area contributed by atoms with Crippen LogP contribution in [0.3, 0.4) is 0 Å². The van der Waals surface area contributed by atoms with Gasteiger partial charge in [-0.2, -0.15) is 13.2 Å². The Hall–Kier alpha value is -1.12. The summed E-state index contributed by atoms with van der Waals surface area (Å²) in [7, 11) is 1.61. The smallest absolute Gasteiger partial charge is 0.383 e. The standard InChI is InChI=1S/C10H16F3N3O2/c1-17-3-2-14-4-9-5-16(7-15-9)8-18-6-10(11,12)13/h5,7,14H,2-4,6,8H2,1H3. The number of ether oxygens (including phenoxy) is 2. The van der Waals surface area contributed by atoms with Crippen LogP contribution in [0, 0.1) is 0 Å². The maximum Gasteiger partial charge on any atom is 0.411 e. The maximum absolute atomic E-state index is 11.8. The molecule has 0 saturated carbocycles. The van der Waals surface area contributed by atoms with Gasteiger partial charge in [-0.05, 0) is 0 Å². The normalized spacial score (nSPS) is 12.0. The minimum atomic E-state index is -4.30. The van der Waals surface area contributed by atoms with Crippen LogP contribution in [0.2, 0.25) is 0 Å². The Morgan fingerprint density at radius 1 is 1.44 bits per heavy atom. The quantitative estimate of drug-likeness (QED) is 0.718. The van der Waals surface area contributed by atoms with Crippen molar-refractivity contribution in [2.45, 2.75) is 19.5 Å². The molecule has 0 aliphatic rings. The minimum Gasteiger partial charge on any atom is -0.383 e. The van der Waals surface area contributed by atoms with Gasteiger partial charge in [0.25, 0.3) is 0 Å². The zero-order valence-electron chi connectivity index (χ0n) is 10.0. The van der Waals surface area contributed by atoms with Crippen LogP contribution >= 0.6 is 0 Å². The Morgan fingerprint density at radius 2 is 2.22 bits per heavy atom. The van der Waals surface area contributed by atoms with E-state index in [0.29, 0.717) is 19.7 Å². The highest BCUT2D eigenvalue weighted by Gasteiger charge is 2.27. The van der Waals surface area contributed by atoms with E-state index in [2.05, 4.69) is 15.0 Å². The second kappa shape index (κ2) is 7.34. The zero-order valence-corrected chi connectivity index (χ0v) is 10.0. The summed E-state index contributed by atoms with van der Waals surface area (Å²) in [5.74, 6) is 0. The second-order valence-electron chi connectivity index (χ2n) is 3.64. The highest BCUT2D eigenvalue weighted by atomic mass is 19.4. The Balaban J connectivity index is 2.21. The lowest BCUT2D eigenvalue weighted by Crippen LogP contribution is -2.19. The molecule has 0 amide bonds. The molecular formula is C10H16F3N3O2. The Bertz CT molecular complexity index is 341. The molecule has 1 rings (SSSR count). The molecule has 0 atom stereocenters. The van der Waals surface area contributed by atoms with E-state index in [1.54, 1.807) is 13.3 Å². The minimum absolute atomic E-state index is 0.162. The number of rotatable bonds is 8. The van der Waals surface area contributed by atoms with Gasteiger partial charge >= 0.3 is 6.18 Å². The molecule has 1 aromatic rings. The fourth-order valence-electron chi connectivity index (χ4n) is 1.23. The zero-order chi connectivity index (χ0) is 13.4. The highest BCUT2D eigenvalue weighted by Crippen LogP contribution is 2.14. The number of methoxy groups -OCH3 is 1. The van der Waals surface area contributed by atoms with Gasteiger partial charge in [0, 0.05) is 26.4 Å². The summed E-state index contributed by atoms with van der Waals surface area (Å²) in [4.78, 5) is 4.03. The first kappa shape index (κ1) is 14.9. The molecule has 0 bridgehead atoms. The first-order valence-electron chi connectivity index (χ1n) is 5.36. The number of nitrogens with one attached hydrogen (secondary N) is 1. The molecule has 1 N–H and O–H groups in total. The molecule has 0 aromatic carbocycles.